The Morgan fingerprint density at radius 1 is 0.871 bits per heavy atom. The van der Waals surface area contributed by atoms with Crippen LogP contribution in [0.4, 0.5) is 15.8 Å². The largest absolute Gasteiger partial charge is 0.350 e. The van der Waals surface area contributed by atoms with Gasteiger partial charge in [0.05, 0.1) is 16.3 Å². The molecule has 0 radical (unpaired) electrons. The lowest BCUT2D eigenvalue weighted by Gasteiger charge is -2.16. The Labute approximate surface area is 188 Å². The van der Waals surface area contributed by atoms with Crippen LogP contribution in [0, 0.1) is 19.7 Å². The quantitative estimate of drug-likeness (QED) is 0.481. The molecule has 1 heterocycles. The molecule has 1 aliphatic rings. The highest BCUT2D eigenvalue weighted by Gasteiger charge is 2.40. The number of carbonyl (C=O) groups is 2. The lowest BCUT2D eigenvalue weighted by molar-refractivity contribution is -0.120. The Kier molecular flexibility index (Phi) is 5.56. The number of rotatable bonds is 4. The van der Waals surface area contributed by atoms with Gasteiger partial charge in [0.2, 0.25) is 0 Å². The summed E-state index contributed by atoms with van der Waals surface area (Å²) in [6.45, 7) is 3.78. The third-order valence-corrected chi connectivity index (χ3v) is 5.56. The summed E-state index contributed by atoms with van der Waals surface area (Å²) in [5.41, 5.74) is 3.60. The average Bonchev–Trinajstić information content (AvgIpc) is 2.97. The molecule has 156 valence electrons. The van der Waals surface area contributed by atoms with Gasteiger partial charge in [-0.15, -0.1) is 0 Å². The minimum Gasteiger partial charge on any atom is -0.350 e. The fraction of sp³-hybridized carbons (Fsp3) is 0.0833. The van der Waals surface area contributed by atoms with Gasteiger partial charge in [0, 0.05) is 10.7 Å². The highest BCUT2D eigenvalue weighted by Crippen LogP contribution is 2.35. The van der Waals surface area contributed by atoms with Crippen LogP contribution in [0.15, 0.2) is 66.4 Å². The Morgan fingerprint density at radius 3 is 2.23 bits per heavy atom. The van der Waals surface area contributed by atoms with E-state index in [9.17, 15) is 14.0 Å². The van der Waals surface area contributed by atoms with Gasteiger partial charge in [0.1, 0.15) is 11.5 Å². The minimum atomic E-state index is -0.633. The molecule has 0 fully saturated rings. The zero-order valence-corrected chi connectivity index (χ0v) is 18.2. The van der Waals surface area contributed by atoms with Crippen LogP contribution in [0.1, 0.15) is 16.7 Å². The van der Waals surface area contributed by atoms with Crippen molar-refractivity contribution >= 4 is 52.0 Å². The number of aryl methyl sites for hydroxylation is 2. The van der Waals surface area contributed by atoms with E-state index in [1.165, 1.54) is 12.1 Å². The van der Waals surface area contributed by atoms with E-state index in [4.69, 9.17) is 23.2 Å². The normalized spacial score (nSPS) is 13.9. The molecular formula is C24H17Cl2FN2O2. The van der Waals surface area contributed by atoms with Gasteiger partial charge >= 0.3 is 0 Å². The Morgan fingerprint density at radius 2 is 1.58 bits per heavy atom. The van der Waals surface area contributed by atoms with Crippen LogP contribution in [0.5, 0.6) is 0 Å². The molecule has 0 aromatic heterocycles. The summed E-state index contributed by atoms with van der Waals surface area (Å²) in [4.78, 5) is 27.7. The van der Waals surface area contributed by atoms with E-state index >= 15 is 0 Å². The molecule has 0 atom stereocenters. The SMILES string of the molecule is Cc1ccc(C2=C(Nc3ccc(Cl)cc3C)C(=O)N(c3ccc(F)c(Cl)c3)C2=O)cc1. The molecule has 0 bridgehead atoms. The molecule has 4 nitrogen and oxygen atoms in total. The topological polar surface area (TPSA) is 49.4 Å². The van der Waals surface area contributed by atoms with E-state index in [0.717, 1.165) is 22.1 Å². The molecule has 0 saturated heterocycles. The minimum absolute atomic E-state index is 0.125. The van der Waals surface area contributed by atoms with Gasteiger partial charge < -0.3 is 5.32 Å². The van der Waals surface area contributed by atoms with Crippen molar-refractivity contribution in [3.63, 3.8) is 0 Å². The number of halogens is 3. The van der Waals surface area contributed by atoms with Crippen molar-refractivity contribution in [1.82, 2.24) is 0 Å². The second-order valence-corrected chi connectivity index (χ2v) is 8.09. The third-order valence-electron chi connectivity index (χ3n) is 5.03. The van der Waals surface area contributed by atoms with Gasteiger partial charge in [0.15, 0.2) is 0 Å². The first-order valence-corrected chi connectivity index (χ1v) is 10.2. The maximum atomic E-state index is 13.6. The van der Waals surface area contributed by atoms with Crippen molar-refractivity contribution in [3.8, 4) is 0 Å². The molecule has 0 unspecified atom stereocenters. The monoisotopic (exact) mass is 454 g/mol. The first-order chi connectivity index (χ1) is 14.8. The van der Waals surface area contributed by atoms with E-state index in [-0.39, 0.29) is 22.0 Å². The van der Waals surface area contributed by atoms with E-state index in [1.54, 1.807) is 30.3 Å². The molecule has 0 aliphatic carbocycles. The highest BCUT2D eigenvalue weighted by molar-refractivity contribution is 6.46. The summed E-state index contributed by atoms with van der Waals surface area (Å²) in [7, 11) is 0. The van der Waals surface area contributed by atoms with Crippen molar-refractivity contribution in [2.45, 2.75) is 13.8 Å². The van der Waals surface area contributed by atoms with E-state index in [0.29, 0.717) is 16.3 Å². The molecular weight excluding hydrogens is 438 g/mol. The summed E-state index contributed by atoms with van der Waals surface area (Å²) >= 11 is 11.9. The van der Waals surface area contributed by atoms with Crippen LogP contribution in [0.2, 0.25) is 10.0 Å². The van der Waals surface area contributed by atoms with Gasteiger partial charge in [-0.25, -0.2) is 9.29 Å². The lowest BCUT2D eigenvalue weighted by atomic mass is 10.0. The third kappa shape index (κ3) is 3.94. The number of imide groups is 1. The summed E-state index contributed by atoms with van der Waals surface area (Å²) in [5.74, 6) is -1.71. The van der Waals surface area contributed by atoms with Crippen molar-refractivity contribution in [2.24, 2.45) is 0 Å². The molecule has 0 spiro atoms. The second kappa shape index (κ2) is 8.17. The predicted octanol–water partition coefficient (Wildman–Crippen LogP) is 6.15. The van der Waals surface area contributed by atoms with Crippen LogP contribution in [0.25, 0.3) is 5.57 Å². The number of nitrogens with one attached hydrogen (secondary N) is 1. The van der Waals surface area contributed by atoms with Crippen LogP contribution < -0.4 is 10.2 Å². The first-order valence-electron chi connectivity index (χ1n) is 9.44. The summed E-state index contributed by atoms with van der Waals surface area (Å²) < 4.78 is 13.6. The molecule has 3 aromatic rings. The van der Waals surface area contributed by atoms with Gasteiger partial charge in [0.25, 0.3) is 11.8 Å². The molecule has 3 aromatic carbocycles. The van der Waals surface area contributed by atoms with Crippen molar-refractivity contribution in [1.29, 1.82) is 0 Å². The number of hydrogen-bond donors (Lipinski definition) is 1. The van der Waals surface area contributed by atoms with E-state index < -0.39 is 17.6 Å². The molecule has 1 N–H and O–H groups in total. The summed E-state index contributed by atoms with van der Waals surface area (Å²) in [6.07, 6.45) is 0. The fourth-order valence-electron chi connectivity index (χ4n) is 3.39. The van der Waals surface area contributed by atoms with Crippen LogP contribution in [-0.4, -0.2) is 11.8 Å². The molecule has 0 saturated carbocycles. The molecule has 31 heavy (non-hydrogen) atoms. The van der Waals surface area contributed by atoms with Crippen LogP contribution in [0.3, 0.4) is 0 Å². The molecule has 1 aliphatic heterocycles. The fourth-order valence-corrected chi connectivity index (χ4v) is 3.80. The number of benzene rings is 3. The Balaban J connectivity index is 1.84. The van der Waals surface area contributed by atoms with Crippen molar-refractivity contribution in [2.75, 3.05) is 10.2 Å². The summed E-state index contributed by atoms with van der Waals surface area (Å²) in [6, 6.07) is 16.2. The molecule has 4 rings (SSSR count). The molecule has 7 heteroatoms. The van der Waals surface area contributed by atoms with Gasteiger partial charge in [-0.2, -0.15) is 0 Å². The Bertz CT molecular complexity index is 1250. The maximum Gasteiger partial charge on any atom is 0.282 e. The summed E-state index contributed by atoms with van der Waals surface area (Å²) in [5, 5.41) is 3.49. The van der Waals surface area contributed by atoms with Crippen LogP contribution >= 0.6 is 23.2 Å². The number of amides is 2. The van der Waals surface area contributed by atoms with Gasteiger partial charge in [-0.05, 0) is 61.4 Å². The Hall–Kier alpha value is -3.15. The standard InChI is InChI=1S/C24H17Cl2FN2O2/c1-13-3-5-15(6-4-13)21-22(28-20-10-7-16(25)11-14(20)2)24(31)29(23(21)30)17-8-9-19(27)18(26)12-17/h3-12,28H,1-2H3. The number of carbonyl (C=O) groups excluding carboxylic acids is 2. The highest BCUT2D eigenvalue weighted by atomic mass is 35.5. The lowest BCUT2D eigenvalue weighted by Crippen LogP contribution is -2.32. The first kappa shape index (κ1) is 21.1. The van der Waals surface area contributed by atoms with Gasteiger partial charge in [-0.1, -0.05) is 53.0 Å². The molecule has 2 amide bonds. The maximum absolute atomic E-state index is 13.6. The van der Waals surface area contributed by atoms with E-state index in [1.807, 2.05) is 26.0 Å². The number of hydrogen-bond acceptors (Lipinski definition) is 3. The smallest absolute Gasteiger partial charge is 0.282 e. The van der Waals surface area contributed by atoms with Crippen LogP contribution in [-0.2, 0) is 9.59 Å². The number of anilines is 2. The van der Waals surface area contributed by atoms with Crippen molar-refractivity contribution < 1.29 is 14.0 Å². The zero-order chi connectivity index (χ0) is 22.3. The predicted molar refractivity (Wildman–Crippen MR) is 122 cm³/mol. The van der Waals surface area contributed by atoms with Gasteiger partial charge in [-0.3, -0.25) is 9.59 Å². The number of nitrogens with zero attached hydrogens (tertiary/aromatic N) is 1. The zero-order valence-electron chi connectivity index (χ0n) is 16.7. The average molecular weight is 455 g/mol. The van der Waals surface area contributed by atoms with E-state index in [2.05, 4.69) is 5.32 Å². The van der Waals surface area contributed by atoms with Crippen molar-refractivity contribution in [3.05, 3.63) is 98.9 Å². The second-order valence-electron chi connectivity index (χ2n) is 7.24.